The van der Waals surface area contributed by atoms with Gasteiger partial charge in [-0.1, -0.05) is 0 Å². The molecule has 0 bridgehead atoms. The van der Waals surface area contributed by atoms with E-state index in [0.29, 0.717) is 12.4 Å². The van der Waals surface area contributed by atoms with Crippen molar-refractivity contribution in [1.82, 2.24) is 0 Å². The van der Waals surface area contributed by atoms with E-state index in [1.807, 2.05) is 0 Å². The molecule has 1 saturated heterocycles. The van der Waals surface area contributed by atoms with E-state index < -0.39 is 5.97 Å². The van der Waals surface area contributed by atoms with E-state index in [9.17, 15) is 4.79 Å². The quantitative estimate of drug-likeness (QED) is 0.480. The topological polar surface area (TPSA) is 54.0 Å². The Hall–Kier alpha value is -1.07. The Labute approximate surface area is 82.6 Å². The molecule has 0 amide bonds. The van der Waals surface area contributed by atoms with Gasteiger partial charge in [-0.15, -0.1) is 0 Å². The molecule has 0 aromatic heterocycles. The number of rotatable bonds is 3. The highest BCUT2D eigenvalue weighted by Crippen LogP contribution is 2.22. The summed E-state index contributed by atoms with van der Waals surface area (Å²) < 4.78 is 20.0. The molecule has 0 aliphatic carbocycles. The number of carbonyl (C=O) groups is 1. The summed E-state index contributed by atoms with van der Waals surface area (Å²) in [6.45, 7) is 0.387. The van der Waals surface area contributed by atoms with Gasteiger partial charge in [0, 0.05) is 14.2 Å². The van der Waals surface area contributed by atoms with Gasteiger partial charge in [-0.25, -0.2) is 4.79 Å². The molecule has 1 heterocycles. The molecule has 5 heteroatoms. The molecule has 2 atom stereocenters. The van der Waals surface area contributed by atoms with E-state index in [1.54, 1.807) is 7.11 Å². The maximum absolute atomic E-state index is 10.9. The van der Waals surface area contributed by atoms with Gasteiger partial charge < -0.3 is 18.9 Å². The van der Waals surface area contributed by atoms with Gasteiger partial charge in [-0.2, -0.15) is 0 Å². The van der Waals surface area contributed by atoms with Crippen LogP contribution in [0.3, 0.4) is 0 Å². The van der Waals surface area contributed by atoms with Gasteiger partial charge in [0.25, 0.3) is 0 Å². The molecule has 0 radical (unpaired) electrons. The fourth-order valence-corrected chi connectivity index (χ4v) is 1.29. The number of hydrogen-bond acceptors (Lipinski definition) is 5. The fraction of sp³-hybridized carbons (Fsp3) is 0.667. The lowest BCUT2D eigenvalue weighted by atomic mass is 10.2. The zero-order valence-electron chi connectivity index (χ0n) is 8.48. The van der Waals surface area contributed by atoms with Crippen LogP contribution in [0, 0.1) is 0 Å². The van der Waals surface area contributed by atoms with Crippen molar-refractivity contribution in [2.75, 3.05) is 27.9 Å². The first-order valence-electron chi connectivity index (χ1n) is 4.20. The highest BCUT2D eigenvalue weighted by atomic mass is 16.6. The zero-order valence-corrected chi connectivity index (χ0v) is 8.48. The maximum atomic E-state index is 10.9. The number of esters is 1. The Kier molecular flexibility index (Phi) is 3.91. The number of carbonyl (C=O) groups excluding carboxylic acids is 1. The van der Waals surface area contributed by atoms with Crippen LogP contribution in [0.25, 0.3) is 0 Å². The van der Waals surface area contributed by atoms with E-state index in [2.05, 4.69) is 4.74 Å². The molecule has 1 fully saturated rings. The van der Waals surface area contributed by atoms with Crippen LogP contribution in [0.4, 0.5) is 0 Å². The van der Waals surface area contributed by atoms with Crippen LogP contribution < -0.4 is 0 Å². The van der Waals surface area contributed by atoms with Crippen molar-refractivity contribution in [2.45, 2.75) is 12.2 Å². The standard InChI is InChI=1S/C9H14O5/c1-11-7-5-14-6(9(7)13-3)4-8(10)12-2/h4,7,9H,5H2,1-3H3/b6-4-/t7-,9-/m1/s1. The summed E-state index contributed by atoms with van der Waals surface area (Å²) >= 11 is 0. The molecule has 14 heavy (non-hydrogen) atoms. The van der Waals surface area contributed by atoms with Crippen LogP contribution in [0.2, 0.25) is 0 Å². The van der Waals surface area contributed by atoms with Crippen LogP contribution in [-0.2, 0) is 23.7 Å². The molecule has 0 saturated carbocycles. The van der Waals surface area contributed by atoms with Crippen LogP contribution in [0.15, 0.2) is 11.8 Å². The molecule has 5 nitrogen and oxygen atoms in total. The van der Waals surface area contributed by atoms with Crippen molar-refractivity contribution < 1.29 is 23.7 Å². The van der Waals surface area contributed by atoms with Crippen LogP contribution >= 0.6 is 0 Å². The Morgan fingerprint density at radius 1 is 1.43 bits per heavy atom. The van der Waals surface area contributed by atoms with Crippen molar-refractivity contribution in [3.8, 4) is 0 Å². The summed E-state index contributed by atoms with van der Waals surface area (Å²) in [5, 5.41) is 0. The van der Waals surface area contributed by atoms with E-state index >= 15 is 0 Å². The van der Waals surface area contributed by atoms with Crippen LogP contribution in [-0.4, -0.2) is 46.1 Å². The first kappa shape index (κ1) is 11.0. The third-order valence-electron chi connectivity index (χ3n) is 2.05. The lowest BCUT2D eigenvalue weighted by Crippen LogP contribution is -2.27. The van der Waals surface area contributed by atoms with Gasteiger partial charge in [-0.3, -0.25) is 0 Å². The molecule has 0 N–H and O–H groups in total. The smallest absolute Gasteiger partial charge is 0.333 e. The van der Waals surface area contributed by atoms with Gasteiger partial charge >= 0.3 is 5.97 Å². The zero-order chi connectivity index (χ0) is 10.6. The maximum Gasteiger partial charge on any atom is 0.333 e. The van der Waals surface area contributed by atoms with Gasteiger partial charge in [-0.05, 0) is 0 Å². The minimum atomic E-state index is -0.459. The molecule has 1 aliphatic heterocycles. The summed E-state index contributed by atoms with van der Waals surface area (Å²) in [6, 6.07) is 0. The summed E-state index contributed by atoms with van der Waals surface area (Å²) in [4.78, 5) is 10.9. The van der Waals surface area contributed by atoms with E-state index in [4.69, 9.17) is 14.2 Å². The monoisotopic (exact) mass is 202 g/mol. The van der Waals surface area contributed by atoms with Crippen molar-refractivity contribution in [3.63, 3.8) is 0 Å². The molecule has 1 aliphatic rings. The first-order chi connectivity index (χ1) is 6.72. The molecular weight excluding hydrogens is 188 g/mol. The molecule has 0 spiro atoms. The van der Waals surface area contributed by atoms with E-state index in [1.165, 1.54) is 20.3 Å². The largest absolute Gasteiger partial charge is 0.492 e. The summed E-state index contributed by atoms with van der Waals surface area (Å²) in [6.07, 6.45) is 0.766. The summed E-state index contributed by atoms with van der Waals surface area (Å²) in [5.74, 6) is -0.00926. The third kappa shape index (κ3) is 2.24. The van der Waals surface area contributed by atoms with E-state index in [0.717, 1.165) is 0 Å². The summed E-state index contributed by atoms with van der Waals surface area (Å²) in [5.41, 5.74) is 0. The average molecular weight is 202 g/mol. The van der Waals surface area contributed by atoms with Crippen molar-refractivity contribution >= 4 is 5.97 Å². The fourth-order valence-electron chi connectivity index (χ4n) is 1.29. The predicted molar refractivity (Wildman–Crippen MR) is 47.6 cm³/mol. The minimum Gasteiger partial charge on any atom is -0.492 e. The molecule has 1 rings (SSSR count). The second-order valence-corrected chi connectivity index (χ2v) is 2.81. The van der Waals surface area contributed by atoms with Gasteiger partial charge in [0.15, 0.2) is 0 Å². The second-order valence-electron chi connectivity index (χ2n) is 2.81. The summed E-state index contributed by atoms with van der Waals surface area (Å²) in [7, 11) is 4.42. The second kappa shape index (κ2) is 4.97. The Balaban J connectivity index is 2.71. The number of methoxy groups -OCH3 is 3. The molecule has 0 aromatic carbocycles. The first-order valence-corrected chi connectivity index (χ1v) is 4.20. The minimum absolute atomic E-state index is 0.170. The average Bonchev–Trinajstić information content (AvgIpc) is 2.59. The molecule has 80 valence electrons. The highest BCUT2D eigenvalue weighted by molar-refractivity contribution is 5.82. The highest BCUT2D eigenvalue weighted by Gasteiger charge is 2.34. The van der Waals surface area contributed by atoms with Crippen molar-refractivity contribution in [1.29, 1.82) is 0 Å². The van der Waals surface area contributed by atoms with Crippen molar-refractivity contribution in [3.05, 3.63) is 11.8 Å². The third-order valence-corrected chi connectivity index (χ3v) is 2.05. The van der Waals surface area contributed by atoms with Crippen LogP contribution in [0.5, 0.6) is 0 Å². The lowest BCUT2D eigenvalue weighted by Gasteiger charge is -2.13. The van der Waals surface area contributed by atoms with Gasteiger partial charge in [0.05, 0.1) is 13.2 Å². The molecule has 0 aromatic rings. The Morgan fingerprint density at radius 2 is 2.14 bits per heavy atom. The van der Waals surface area contributed by atoms with E-state index in [-0.39, 0.29) is 12.2 Å². The Morgan fingerprint density at radius 3 is 2.64 bits per heavy atom. The number of hydrogen-bond donors (Lipinski definition) is 0. The van der Waals surface area contributed by atoms with Crippen molar-refractivity contribution in [2.24, 2.45) is 0 Å². The SMILES string of the molecule is COC(=O)/C=C1\OC[C@@H](OC)[C@@H]1OC. The van der Waals surface area contributed by atoms with Gasteiger partial charge in [0.1, 0.15) is 24.6 Å². The van der Waals surface area contributed by atoms with Gasteiger partial charge in [0.2, 0.25) is 0 Å². The lowest BCUT2D eigenvalue weighted by molar-refractivity contribution is -0.135. The molecule has 0 unspecified atom stereocenters. The number of ether oxygens (including phenoxy) is 4. The normalized spacial score (nSPS) is 28.9. The predicted octanol–water partition coefficient (Wildman–Crippen LogP) is 0.103. The molecular formula is C9H14O5. The Bertz CT molecular complexity index is 235. The van der Waals surface area contributed by atoms with Crippen LogP contribution in [0.1, 0.15) is 0 Å².